The van der Waals surface area contributed by atoms with E-state index < -0.39 is 59.5 Å². The molecule has 2 rings (SSSR count). The first-order chi connectivity index (χ1) is 20.9. The molecule has 16 heteroatoms. The highest BCUT2D eigenvalue weighted by molar-refractivity contribution is 6.13. The second-order valence-corrected chi connectivity index (χ2v) is 10.1. The molecule has 0 aromatic heterocycles. The van der Waals surface area contributed by atoms with Crippen molar-refractivity contribution in [2.24, 2.45) is 17.4 Å². The van der Waals surface area contributed by atoms with Crippen molar-refractivity contribution in [3.63, 3.8) is 0 Å². The summed E-state index contributed by atoms with van der Waals surface area (Å²) in [6.07, 6.45) is 2.98. The van der Waals surface area contributed by atoms with Gasteiger partial charge in [0.15, 0.2) is 0 Å². The van der Waals surface area contributed by atoms with Crippen molar-refractivity contribution in [2.45, 2.75) is 44.4 Å². The second kappa shape index (κ2) is 17.1. The summed E-state index contributed by atoms with van der Waals surface area (Å²) in [5.74, 6) is -4.12. The molecule has 0 aliphatic carbocycles. The van der Waals surface area contributed by atoms with Crippen LogP contribution in [0.2, 0.25) is 0 Å². The number of imide groups is 1. The van der Waals surface area contributed by atoms with E-state index >= 15 is 0 Å². The van der Waals surface area contributed by atoms with Crippen LogP contribution in [-0.4, -0.2) is 90.9 Å². The number of rotatable bonds is 20. The Labute approximate surface area is 253 Å². The van der Waals surface area contributed by atoms with Crippen molar-refractivity contribution in [3.05, 3.63) is 42.0 Å². The van der Waals surface area contributed by atoms with Gasteiger partial charge >= 0.3 is 12.0 Å². The van der Waals surface area contributed by atoms with Crippen molar-refractivity contribution in [1.29, 1.82) is 0 Å². The molecule has 1 aromatic carbocycles. The third-order valence-electron chi connectivity index (χ3n) is 6.56. The van der Waals surface area contributed by atoms with E-state index in [0.717, 1.165) is 22.6 Å². The number of anilines is 1. The summed E-state index contributed by atoms with van der Waals surface area (Å²) in [5, 5.41) is 10.9. The summed E-state index contributed by atoms with van der Waals surface area (Å²) in [6, 6.07) is 4.75. The zero-order valence-corrected chi connectivity index (χ0v) is 24.2. The van der Waals surface area contributed by atoms with Gasteiger partial charge in [-0.05, 0) is 30.5 Å². The van der Waals surface area contributed by atoms with Crippen LogP contribution in [0.5, 0.6) is 0 Å². The molecule has 0 saturated heterocycles. The second-order valence-electron chi connectivity index (χ2n) is 10.1. The van der Waals surface area contributed by atoms with Crippen LogP contribution in [0.25, 0.3) is 0 Å². The van der Waals surface area contributed by atoms with E-state index in [-0.39, 0.29) is 45.6 Å². The Balaban J connectivity index is 2.16. The normalized spacial score (nSPS) is 15.1. The number of esters is 1. The number of nitrogens with zero attached hydrogens (tertiary/aromatic N) is 1. The number of hydrogen-bond acceptors (Lipinski definition) is 11. The Kier molecular flexibility index (Phi) is 13.6. The maximum absolute atomic E-state index is 13.4. The van der Waals surface area contributed by atoms with Gasteiger partial charge in [0.25, 0.3) is 11.8 Å². The van der Waals surface area contributed by atoms with E-state index in [2.05, 4.69) is 21.3 Å². The van der Waals surface area contributed by atoms with E-state index in [1.165, 1.54) is 6.92 Å². The van der Waals surface area contributed by atoms with Crippen molar-refractivity contribution in [3.8, 4) is 0 Å². The first-order valence-electron chi connectivity index (χ1n) is 13.7. The number of nitrogens with two attached hydrogens (primary N) is 2. The number of urea groups is 1. The predicted octanol–water partition coefficient (Wildman–Crippen LogP) is -1.76. The van der Waals surface area contributed by atoms with Crippen molar-refractivity contribution >= 4 is 53.9 Å². The zero-order chi connectivity index (χ0) is 32.7. The molecule has 238 valence electrons. The average molecular weight is 616 g/mol. The number of hydrogen-bond donors (Lipinski definition) is 6. The van der Waals surface area contributed by atoms with Gasteiger partial charge in [0, 0.05) is 56.9 Å². The molecule has 6 amide bonds. The molecule has 1 aromatic rings. The number of benzene rings is 1. The van der Waals surface area contributed by atoms with Gasteiger partial charge in [-0.15, -0.1) is 0 Å². The van der Waals surface area contributed by atoms with Crippen LogP contribution >= 0.6 is 0 Å². The predicted molar refractivity (Wildman–Crippen MR) is 155 cm³/mol. The molecular formula is C28H37N7O9. The molecule has 8 N–H and O–H groups in total. The van der Waals surface area contributed by atoms with Crippen LogP contribution in [0.15, 0.2) is 36.4 Å². The maximum atomic E-state index is 13.4. The Hall–Kier alpha value is -5.12. The highest BCUT2D eigenvalue weighted by Gasteiger charge is 2.35. The van der Waals surface area contributed by atoms with Crippen LogP contribution in [0.1, 0.15) is 31.7 Å². The highest BCUT2D eigenvalue weighted by atomic mass is 16.5. The number of aldehydes is 2. The number of carbonyl (C=O) groups is 8. The van der Waals surface area contributed by atoms with Gasteiger partial charge in [0.1, 0.15) is 24.7 Å². The summed E-state index contributed by atoms with van der Waals surface area (Å²) in [5.41, 5.74) is 10.2. The monoisotopic (exact) mass is 615 g/mol. The lowest BCUT2D eigenvalue weighted by atomic mass is 9.93. The largest absolute Gasteiger partial charge is 0.461 e. The van der Waals surface area contributed by atoms with Crippen LogP contribution < -0.4 is 32.7 Å². The van der Waals surface area contributed by atoms with Crippen molar-refractivity contribution < 1.29 is 43.1 Å². The molecule has 0 bridgehead atoms. The molecule has 0 saturated carbocycles. The Morgan fingerprint density at radius 1 is 1.05 bits per heavy atom. The quantitative estimate of drug-likeness (QED) is 0.0415. The molecule has 1 aliphatic heterocycles. The van der Waals surface area contributed by atoms with Gasteiger partial charge in [-0.1, -0.05) is 12.1 Å². The third-order valence-corrected chi connectivity index (χ3v) is 6.56. The first-order valence-corrected chi connectivity index (χ1v) is 13.7. The fourth-order valence-electron chi connectivity index (χ4n) is 4.19. The minimum Gasteiger partial charge on any atom is -0.461 e. The number of primary amides is 2. The SMILES string of the molecule is CC(=O)OCc1ccc(NC[C@](C=O)(CCCNC(N)=O)NC(=O)[C@H](CC(N)=O)NCC(C=O)CN2C(=O)C=CC2=O)cc1. The van der Waals surface area contributed by atoms with Crippen molar-refractivity contribution in [1.82, 2.24) is 20.9 Å². The van der Waals surface area contributed by atoms with E-state index in [1.54, 1.807) is 24.3 Å². The summed E-state index contributed by atoms with van der Waals surface area (Å²) in [7, 11) is 0. The molecule has 0 spiro atoms. The average Bonchev–Trinajstić information content (AvgIpc) is 3.30. The van der Waals surface area contributed by atoms with Crippen LogP contribution in [0.4, 0.5) is 10.5 Å². The van der Waals surface area contributed by atoms with Crippen LogP contribution in [0, 0.1) is 5.92 Å². The molecule has 1 unspecified atom stereocenters. The Bertz CT molecular complexity index is 1250. The third kappa shape index (κ3) is 11.6. The summed E-state index contributed by atoms with van der Waals surface area (Å²) in [6.45, 7) is 0.939. The Morgan fingerprint density at radius 2 is 1.70 bits per heavy atom. The molecule has 16 nitrogen and oxygen atoms in total. The zero-order valence-electron chi connectivity index (χ0n) is 24.2. The maximum Gasteiger partial charge on any atom is 0.312 e. The fraction of sp³-hybridized carbons (Fsp3) is 0.429. The van der Waals surface area contributed by atoms with E-state index in [4.69, 9.17) is 16.2 Å². The molecule has 0 fully saturated rings. The summed E-state index contributed by atoms with van der Waals surface area (Å²) < 4.78 is 4.96. The molecule has 1 heterocycles. The number of amides is 6. The summed E-state index contributed by atoms with van der Waals surface area (Å²) >= 11 is 0. The molecule has 0 radical (unpaired) electrons. The van der Waals surface area contributed by atoms with Gasteiger partial charge in [-0.2, -0.15) is 0 Å². The fourth-order valence-corrected chi connectivity index (χ4v) is 4.19. The standard InChI is InChI=1S/C28H37N7O9/c1-18(38)44-15-19-3-5-21(6-4-19)33-16-28(17-37,9-2-10-31-27(30)43)34-26(42)22(11-23(29)39)32-12-20(14-36)13-35-24(40)7-8-25(35)41/h3-8,14,17,20,22,32-33H,2,9-13,15-16H2,1H3,(H2,29,39)(H,34,42)(H3,30,31,43)/t20?,22-,28-/m0/s1. The van der Waals surface area contributed by atoms with Gasteiger partial charge in [0.2, 0.25) is 11.8 Å². The number of ether oxygens (including phenoxy) is 1. The van der Waals surface area contributed by atoms with Gasteiger partial charge in [-0.3, -0.25) is 28.9 Å². The lowest BCUT2D eigenvalue weighted by Crippen LogP contribution is -2.60. The molecular weight excluding hydrogens is 578 g/mol. The smallest absolute Gasteiger partial charge is 0.312 e. The van der Waals surface area contributed by atoms with Crippen LogP contribution in [-0.2, 0) is 44.9 Å². The molecule has 1 aliphatic rings. The molecule has 3 atom stereocenters. The summed E-state index contributed by atoms with van der Waals surface area (Å²) in [4.78, 5) is 96.1. The van der Waals surface area contributed by atoms with E-state index in [0.29, 0.717) is 18.3 Å². The van der Waals surface area contributed by atoms with E-state index in [9.17, 15) is 38.4 Å². The van der Waals surface area contributed by atoms with Gasteiger partial charge in [0.05, 0.1) is 12.5 Å². The lowest BCUT2D eigenvalue weighted by molar-refractivity contribution is -0.142. The first kappa shape index (κ1) is 35.1. The molecule has 44 heavy (non-hydrogen) atoms. The topological polar surface area (TPSA) is 249 Å². The van der Waals surface area contributed by atoms with Gasteiger partial charge < -0.3 is 47.1 Å². The Morgan fingerprint density at radius 3 is 2.25 bits per heavy atom. The van der Waals surface area contributed by atoms with Crippen LogP contribution in [0.3, 0.4) is 0 Å². The minimum atomic E-state index is -1.53. The number of nitrogens with one attached hydrogen (secondary N) is 4. The minimum absolute atomic E-state index is 0.0481. The van der Waals surface area contributed by atoms with Gasteiger partial charge in [-0.25, -0.2) is 4.79 Å². The van der Waals surface area contributed by atoms with E-state index in [1.807, 2.05) is 0 Å². The lowest BCUT2D eigenvalue weighted by Gasteiger charge is -2.32. The highest BCUT2D eigenvalue weighted by Crippen LogP contribution is 2.16. The number of carbonyl (C=O) groups excluding carboxylic acids is 8. The van der Waals surface area contributed by atoms with Crippen molar-refractivity contribution in [2.75, 3.05) is 31.5 Å².